The highest BCUT2D eigenvalue weighted by Gasteiger charge is 2.39. The molecule has 1 amide bonds. The molecule has 0 radical (unpaired) electrons. The van der Waals surface area contributed by atoms with Gasteiger partial charge in [-0.2, -0.15) is 18.3 Å². The first-order valence-electron chi connectivity index (χ1n) is 8.26. The zero-order chi connectivity index (χ0) is 21.3. The molecule has 0 unspecified atom stereocenters. The quantitative estimate of drug-likeness (QED) is 0.633. The Morgan fingerprint density at radius 2 is 1.76 bits per heavy atom. The Labute approximate surface area is 172 Å². The van der Waals surface area contributed by atoms with Gasteiger partial charge in [-0.05, 0) is 30.3 Å². The minimum absolute atomic E-state index is 0.0234. The Bertz CT molecular complexity index is 1120. The largest absolute Gasteiger partial charge is 0.435 e. The predicted molar refractivity (Wildman–Crippen MR) is 103 cm³/mol. The first-order chi connectivity index (χ1) is 13.6. The fourth-order valence-electron chi connectivity index (χ4n) is 2.59. The summed E-state index contributed by atoms with van der Waals surface area (Å²) >= 11 is 11.6. The standard InChI is InChI=1S/C18H13Cl2F3N4O2/c1-2-14(28)25-13-9-24-27(16(13)18(21,22)23)11-5-3-10(4-6-11)26-8-7-12(19)15(20)17(26)29/h3-9H,2H2,1H3,(H,25,28). The molecule has 0 saturated carbocycles. The summed E-state index contributed by atoms with van der Waals surface area (Å²) < 4.78 is 42.6. The molecule has 2 heterocycles. The smallest absolute Gasteiger partial charge is 0.323 e. The second-order valence-corrected chi connectivity index (χ2v) is 6.67. The molecule has 0 aliphatic heterocycles. The summed E-state index contributed by atoms with van der Waals surface area (Å²) in [7, 11) is 0. The van der Waals surface area contributed by atoms with Crippen LogP contribution in [0.1, 0.15) is 19.0 Å². The van der Waals surface area contributed by atoms with Gasteiger partial charge in [-0.25, -0.2) is 4.68 Å². The number of alkyl halides is 3. The Hall–Kier alpha value is -2.78. The maximum Gasteiger partial charge on any atom is 0.435 e. The number of anilines is 1. The van der Waals surface area contributed by atoms with E-state index in [1.165, 1.54) is 48.0 Å². The summed E-state index contributed by atoms with van der Waals surface area (Å²) in [5.74, 6) is -0.565. The van der Waals surface area contributed by atoms with Crippen molar-refractivity contribution in [2.75, 3.05) is 5.32 Å². The number of nitrogens with one attached hydrogen (secondary N) is 1. The van der Waals surface area contributed by atoms with Crippen LogP contribution in [0.25, 0.3) is 11.4 Å². The van der Waals surface area contributed by atoms with E-state index >= 15 is 0 Å². The normalized spacial score (nSPS) is 11.5. The van der Waals surface area contributed by atoms with Crippen molar-refractivity contribution in [3.8, 4) is 11.4 Å². The van der Waals surface area contributed by atoms with Crippen molar-refractivity contribution in [1.82, 2.24) is 14.3 Å². The maximum absolute atomic E-state index is 13.6. The molecule has 0 fully saturated rings. The SMILES string of the molecule is CCC(=O)Nc1cnn(-c2ccc(-n3ccc(Cl)c(Cl)c3=O)cc2)c1C(F)(F)F. The molecule has 3 rings (SSSR count). The molecule has 3 aromatic rings. The number of carbonyl (C=O) groups excluding carboxylic acids is 1. The Balaban J connectivity index is 2.04. The number of hydrogen-bond donors (Lipinski definition) is 1. The van der Waals surface area contributed by atoms with Crippen LogP contribution < -0.4 is 10.9 Å². The van der Waals surface area contributed by atoms with Gasteiger partial charge in [0.25, 0.3) is 5.56 Å². The highest BCUT2D eigenvalue weighted by molar-refractivity contribution is 6.41. The molecule has 6 nitrogen and oxygen atoms in total. The molecule has 0 aliphatic carbocycles. The zero-order valence-corrected chi connectivity index (χ0v) is 16.3. The lowest BCUT2D eigenvalue weighted by atomic mass is 10.2. The van der Waals surface area contributed by atoms with Gasteiger partial charge in [0.1, 0.15) is 5.02 Å². The van der Waals surface area contributed by atoms with Crippen LogP contribution in [0, 0.1) is 0 Å². The van der Waals surface area contributed by atoms with Crippen LogP contribution in [0.5, 0.6) is 0 Å². The monoisotopic (exact) mass is 444 g/mol. The average molecular weight is 445 g/mol. The van der Waals surface area contributed by atoms with Gasteiger partial charge in [0.2, 0.25) is 5.91 Å². The lowest BCUT2D eigenvalue weighted by molar-refractivity contribution is -0.142. The number of amides is 1. The number of hydrogen-bond acceptors (Lipinski definition) is 3. The van der Waals surface area contributed by atoms with Crippen LogP contribution in [0.15, 0.2) is 47.5 Å². The van der Waals surface area contributed by atoms with E-state index in [1.54, 1.807) is 0 Å². The third kappa shape index (κ3) is 4.15. The van der Waals surface area contributed by atoms with Gasteiger partial charge in [-0.15, -0.1) is 0 Å². The van der Waals surface area contributed by atoms with Crippen LogP contribution in [-0.2, 0) is 11.0 Å². The highest BCUT2D eigenvalue weighted by atomic mass is 35.5. The van der Waals surface area contributed by atoms with E-state index in [-0.39, 0.29) is 22.2 Å². The Morgan fingerprint density at radius 3 is 2.34 bits per heavy atom. The number of nitrogens with zero attached hydrogens (tertiary/aromatic N) is 3. The van der Waals surface area contributed by atoms with Crippen molar-refractivity contribution in [3.05, 3.63) is 68.8 Å². The van der Waals surface area contributed by atoms with Gasteiger partial charge >= 0.3 is 6.18 Å². The van der Waals surface area contributed by atoms with Crippen LogP contribution in [-0.4, -0.2) is 20.3 Å². The topological polar surface area (TPSA) is 68.9 Å². The molecule has 0 bridgehead atoms. The van der Waals surface area contributed by atoms with Crippen LogP contribution in [0.3, 0.4) is 0 Å². The summed E-state index contributed by atoms with van der Waals surface area (Å²) in [4.78, 5) is 23.7. The van der Waals surface area contributed by atoms with E-state index in [1.807, 2.05) is 0 Å². The fraction of sp³-hybridized carbons (Fsp3) is 0.167. The van der Waals surface area contributed by atoms with E-state index in [4.69, 9.17) is 23.2 Å². The minimum atomic E-state index is -4.76. The predicted octanol–water partition coefficient (Wildman–Crippen LogP) is 4.70. The van der Waals surface area contributed by atoms with Crippen LogP contribution >= 0.6 is 23.2 Å². The number of halogens is 5. The van der Waals surface area contributed by atoms with Gasteiger partial charge in [-0.3, -0.25) is 14.2 Å². The maximum atomic E-state index is 13.6. The molecular formula is C18H13Cl2F3N4O2. The Morgan fingerprint density at radius 1 is 1.14 bits per heavy atom. The second kappa shape index (κ2) is 7.92. The van der Waals surface area contributed by atoms with Crippen LogP contribution in [0.4, 0.5) is 18.9 Å². The number of rotatable bonds is 4. The molecule has 0 atom stereocenters. The summed E-state index contributed by atoms with van der Waals surface area (Å²) in [6.07, 6.45) is -2.39. The molecule has 0 saturated heterocycles. The number of carbonyl (C=O) groups is 1. The molecule has 2 aromatic heterocycles. The average Bonchev–Trinajstić information content (AvgIpc) is 3.10. The number of benzene rings is 1. The first kappa shape index (κ1) is 20.9. The van der Waals surface area contributed by atoms with E-state index in [2.05, 4.69) is 10.4 Å². The summed E-state index contributed by atoms with van der Waals surface area (Å²) in [5.41, 5.74) is -1.65. The van der Waals surface area contributed by atoms with Gasteiger partial charge < -0.3 is 5.32 Å². The number of pyridine rings is 1. The van der Waals surface area contributed by atoms with Crippen molar-refractivity contribution in [3.63, 3.8) is 0 Å². The molecule has 11 heteroatoms. The van der Waals surface area contributed by atoms with Gasteiger partial charge in [0, 0.05) is 18.3 Å². The zero-order valence-electron chi connectivity index (χ0n) is 14.8. The van der Waals surface area contributed by atoms with E-state index < -0.39 is 29.0 Å². The fourth-order valence-corrected chi connectivity index (χ4v) is 2.88. The summed E-state index contributed by atoms with van der Waals surface area (Å²) in [6.45, 7) is 1.52. The van der Waals surface area contributed by atoms with Crippen molar-refractivity contribution in [2.45, 2.75) is 19.5 Å². The molecule has 152 valence electrons. The summed E-state index contributed by atoms with van der Waals surface area (Å²) in [6, 6.07) is 7.02. The molecule has 0 spiro atoms. The van der Waals surface area contributed by atoms with Crippen molar-refractivity contribution in [1.29, 1.82) is 0 Å². The lowest BCUT2D eigenvalue weighted by Gasteiger charge is -2.14. The van der Waals surface area contributed by atoms with Gasteiger partial charge in [0.15, 0.2) is 5.69 Å². The van der Waals surface area contributed by atoms with Crippen molar-refractivity contribution < 1.29 is 18.0 Å². The molecule has 29 heavy (non-hydrogen) atoms. The van der Waals surface area contributed by atoms with Crippen molar-refractivity contribution >= 4 is 34.8 Å². The van der Waals surface area contributed by atoms with E-state index in [0.717, 1.165) is 6.20 Å². The Kier molecular flexibility index (Phi) is 5.72. The lowest BCUT2D eigenvalue weighted by Crippen LogP contribution is -2.19. The molecule has 1 N–H and O–H groups in total. The second-order valence-electron chi connectivity index (χ2n) is 5.89. The first-order valence-corrected chi connectivity index (χ1v) is 9.01. The third-order valence-electron chi connectivity index (χ3n) is 3.99. The van der Waals surface area contributed by atoms with Crippen molar-refractivity contribution in [2.24, 2.45) is 0 Å². The molecule has 0 aliphatic rings. The van der Waals surface area contributed by atoms with Crippen LogP contribution in [0.2, 0.25) is 10.0 Å². The van der Waals surface area contributed by atoms with E-state index in [9.17, 15) is 22.8 Å². The highest BCUT2D eigenvalue weighted by Crippen LogP contribution is 2.36. The summed E-state index contributed by atoms with van der Waals surface area (Å²) in [5, 5.41) is 5.89. The van der Waals surface area contributed by atoms with E-state index in [0.29, 0.717) is 10.4 Å². The van der Waals surface area contributed by atoms with Gasteiger partial charge in [0.05, 0.1) is 22.6 Å². The molecular weight excluding hydrogens is 432 g/mol. The number of aromatic nitrogens is 3. The minimum Gasteiger partial charge on any atom is -0.323 e. The van der Waals surface area contributed by atoms with Gasteiger partial charge in [-0.1, -0.05) is 30.1 Å². The third-order valence-corrected chi connectivity index (χ3v) is 4.77. The molecule has 1 aromatic carbocycles.